The quantitative estimate of drug-likeness (QED) is 0.850. The number of rotatable bonds is 3. The summed E-state index contributed by atoms with van der Waals surface area (Å²) in [6.45, 7) is 3.78. The Balaban J connectivity index is 2.12. The van der Waals surface area contributed by atoms with E-state index in [2.05, 4.69) is 20.9 Å². The molecule has 1 saturated heterocycles. The smallest absolute Gasteiger partial charge is 0.259 e. The lowest BCUT2D eigenvalue weighted by Gasteiger charge is -2.28. The number of anilines is 1. The van der Waals surface area contributed by atoms with E-state index in [1.54, 1.807) is 17.2 Å². The van der Waals surface area contributed by atoms with Crippen molar-refractivity contribution < 1.29 is 14.3 Å². The van der Waals surface area contributed by atoms with Gasteiger partial charge in [-0.3, -0.25) is 9.69 Å². The highest BCUT2D eigenvalue weighted by atomic mass is 79.9. The largest absolute Gasteiger partial charge is 0.376 e. The molecule has 98 valence electrons. The van der Waals surface area contributed by atoms with E-state index in [9.17, 15) is 4.79 Å². The highest BCUT2D eigenvalue weighted by Crippen LogP contribution is 2.17. The molecule has 1 aliphatic rings. The van der Waals surface area contributed by atoms with Crippen molar-refractivity contribution in [3.63, 3.8) is 0 Å². The van der Waals surface area contributed by atoms with Crippen LogP contribution in [0.15, 0.2) is 22.8 Å². The van der Waals surface area contributed by atoms with Crippen LogP contribution in [0.2, 0.25) is 0 Å². The molecular formula is C12H15BrN2O3. The van der Waals surface area contributed by atoms with Gasteiger partial charge in [-0.15, -0.1) is 0 Å². The van der Waals surface area contributed by atoms with E-state index in [0.29, 0.717) is 32.2 Å². The summed E-state index contributed by atoms with van der Waals surface area (Å²) in [5, 5.41) is 0. The lowest BCUT2D eigenvalue weighted by Crippen LogP contribution is -2.45. The highest BCUT2D eigenvalue weighted by molar-refractivity contribution is 9.10. The number of pyridine rings is 1. The van der Waals surface area contributed by atoms with Gasteiger partial charge in [-0.2, -0.15) is 0 Å². The lowest BCUT2D eigenvalue weighted by molar-refractivity contribution is -0.144. The summed E-state index contributed by atoms with van der Waals surface area (Å²) < 4.78 is 11.5. The molecule has 0 aliphatic carbocycles. The van der Waals surface area contributed by atoms with Gasteiger partial charge in [0.05, 0.1) is 19.8 Å². The number of carbonyl (C=O) groups excluding carboxylic acids is 1. The van der Waals surface area contributed by atoms with Crippen molar-refractivity contribution in [2.45, 2.75) is 13.0 Å². The van der Waals surface area contributed by atoms with Crippen LogP contribution in [0.1, 0.15) is 6.92 Å². The minimum absolute atomic E-state index is 0.105. The molecule has 0 spiro atoms. The Bertz CT molecular complexity index is 404. The summed E-state index contributed by atoms with van der Waals surface area (Å²) in [4.78, 5) is 18.1. The molecule has 0 unspecified atom stereocenters. The van der Waals surface area contributed by atoms with Crippen molar-refractivity contribution in [2.24, 2.45) is 0 Å². The molecule has 6 heteroatoms. The molecule has 1 fully saturated rings. The predicted octanol–water partition coefficient (Wildman–Crippen LogP) is 1.61. The minimum Gasteiger partial charge on any atom is -0.376 e. The summed E-state index contributed by atoms with van der Waals surface area (Å²) in [5.41, 5.74) is 0. The summed E-state index contributed by atoms with van der Waals surface area (Å²) in [6, 6.07) is 3.66. The van der Waals surface area contributed by atoms with Crippen LogP contribution in [0.4, 0.5) is 5.82 Å². The molecule has 2 rings (SSSR count). The zero-order valence-corrected chi connectivity index (χ0v) is 11.7. The molecule has 0 N–H and O–H groups in total. The Labute approximate surface area is 114 Å². The fourth-order valence-electron chi connectivity index (χ4n) is 1.76. The third-order valence-electron chi connectivity index (χ3n) is 2.66. The van der Waals surface area contributed by atoms with Crippen molar-refractivity contribution in [1.82, 2.24) is 4.98 Å². The summed E-state index contributed by atoms with van der Waals surface area (Å²) in [6.07, 6.45) is 1.15. The molecule has 5 nitrogen and oxygen atoms in total. The Hall–Kier alpha value is -0.980. The molecule has 0 bridgehead atoms. The Morgan fingerprint density at radius 1 is 1.56 bits per heavy atom. The summed E-state index contributed by atoms with van der Waals surface area (Å²) >= 11 is 3.32. The first-order valence-electron chi connectivity index (χ1n) is 5.84. The van der Waals surface area contributed by atoms with Gasteiger partial charge < -0.3 is 9.47 Å². The molecule has 1 aliphatic heterocycles. The van der Waals surface area contributed by atoms with Crippen LogP contribution in [0.5, 0.6) is 0 Å². The van der Waals surface area contributed by atoms with Gasteiger partial charge in [0.1, 0.15) is 5.82 Å². The Kier molecular flexibility index (Phi) is 4.68. The van der Waals surface area contributed by atoms with Crippen LogP contribution < -0.4 is 4.90 Å². The molecule has 0 aromatic carbocycles. The second kappa shape index (κ2) is 6.26. The van der Waals surface area contributed by atoms with Gasteiger partial charge in [0, 0.05) is 17.2 Å². The molecule has 1 aromatic heterocycles. The number of amides is 1. The highest BCUT2D eigenvalue weighted by Gasteiger charge is 2.28. The van der Waals surface area contributed by atoms with Crippen LogP contribution >= 0.6 is 15.9 Å². The van der Waals surface area contributed by atoms with Crippen LogP contribution in [-0.2, 0) is 14.3 Å². The zero-order chi connectivity index (χ0) is 13.0. The average molecular weight is 315 g/mol. The molecule has 1 amide bonds. The van der Waals surface area contributed by atoms with E-state index < -0.39 is 6.10 Å². The van der Waals surface area contributed by atoms with Crippen LogP contribution in [0.3, 0.4) is 0 Å². The van der Waals surface area contributed by atoms with Gasteiger partial charge in [-0.05, 0) is 35.0 Å². The fourth-order valence-corrected chi connectivity index (χ4v) is 2.00. The molecule has 1 aromatic rings. The monoisotopic (exact) mass is 314 g/mol. The van der Waals surface area contributed by atoms with Gasteiger partial charge >= 0.3 is 0 Å². The zero-order valence-electron chi connectivity index (χ0n) is 10.1. The minimum atomic E-state index is -0.524. The van der Waals surface area contributed by atoms with Gasteiger partial charge in [0.25, 0.3) is 5.91 Å². The summed E-state index contributed by atoms with van der Waals surface area (Å²) in [5.74, 6) is 0.520. The maximum absolute atomic E-state index is 12.3. The second-order valence-electron chi connectivity index (χ2n) is 3.85. The van der Waals surface area contributed by atoms with E-state index in [4.69, 9.17) is 9.47 Å². The van der Waals surface area contributed by atoms with Gasteiger partial charge in [0.15, 0.2) is 6.10 Å². The number of likely N-dealkylation sites (N-methyl/N-ethyl adjacent to an activating group) is 1. The first-order chi connectivity index (χ1) is 8.72. The molecule has 2 heterocycles. The number of hydrogen-bond acceptors (Lipinski definition) is 4. The number of carbonyl (C=O) groups is 1. The van der Waals surface area contributed by atoms with E-state index in [1.807, 2.05) is 13.0 Å². The third-order valence-corrected chi connectivity index (χ3v) is 3.13. The van der Waals surface area contributed by atoms with Crippen molar-refractivity contribution in [2.75, 3.05) is 31.3 Å². The van der Waals surface area contributed by atoms with Crippen LogP contribution in [0, 0.1) is 0 Å². The van der Waals surface area contributed by atoms with Crippen molar-refractivity contribution in [3.8, 4) is 0 Å². The lowest BCUT2D eigenvalue weighted by atomic mass is 10.3. The van der Waals surface area contributed by atoms with E-state index in [-0.39, 0.29) is 5.91 Å². The van der Waals surface area contributed by atoms with E-state index >= 15 is 0 Å². The molecule has 0 radical (unpaired) electrons. The van der Waals surface area contributed by atoms with Crippen molar-refractivity contribution in [3.05, 3.63) is 22.8 Å². The maximum atomic E-state index is 12.3. The van der Waals surface area contributed by atoms with Gasteiger partial charge in [-0.25, -0.2) is 4.98 Å². The maximum Gasteiger partial charge on any atom is 0.259 e. The molecule has 0 saturated carbocycles. The Morgan fingerprint density at radius 2 is 2.39 bits per heavy atom. The molecule has 1 atom stereocenters. The standard InChI is InChI=1S/C12H15BrN2O3/c1-2-15(11-4-3-9(13)7-14-11)12(16)10-8-17-5-6-18-10/h3-4,7,10H,2,5-6,8H2,1H3/t10-/m1/s1. The number of ether oxygens (including phenoxy) is 2. The SMILES string of the molecule is CCN(C(=O)[C@H]1COCCO1)c1ccc(Br)cn1. The van der Waals surface area contributed by atoms with Crippen LogP contribution in [0.25, 0.3) is 0 Å². The van der Waals surface area contributed by atoms with Gasteiger partial charge in [0.2, 0.25) is 0 Å². The fraction of sp³-hybridized carbons (Fsp3) is 0.500. The Morgan fingerprint density at radius 3 is 2.94 bits per heavy atom. The van der Waals surface area contributed by atoms with Crippen molar-refractivity contribution >= 4 is 27.7 Å². The first kappa shape index (κ1) is 13.5. The third kappa shape index (κ3) is 3.07. The number of hydrogen-bond donors (Lipinski definition) is 0. The van der Waals surface area contributed by atoms with E-state index in [1.165, 1.54) is 0 Å². The predicted molar refractivity (Wildman–Crippen MR) is 70.5 cm³/mol. The summed E-state index contributed by atoms with van der Waals surface area (Å²) in [7, 11) is 0. The van der Waals surface area contributed by atoms with Crippen molar-refractivity contribution in [1.29, 1.82) is 0 Å². The average Bonchev–Trinajstić information content (AvgIpc) is 2.42. The first-order valence-corrected chi connectivity index (χ1v) is 6.64. The van der Waals surface area contributed by atoms with E-state index in [0.717, 1.165) is 4.47 Å². The molecule has 18 heavy (non-hydrogen) atoms. The topological polar surface area (TPSA) is 51.7 Å². The number of nitrogens with zero attached hydrogens (tertiary/aromatic N) is 2. The normalized spacial score (nSPS) is 19.6. The second-order valence-corrected chi connectivity index (χ2v) is 4.77. The van der Waals surface area contributed by atoms with Crippen LogP contribution in [-0.4, -0.2) is 43.4 Å². The van der Waals surface area contributed by atoms with Gasteiger partial charge in [-0.1, -0.05) is 0 Å². The number of halogens is 1. The molecular weight excluding hydrogens is 300 g/mol. The number of aromatic nitrogens is 1.